The summed E-state index contributed by atoms with van der Waals surface area (Å²) in [5, 5.41) is 7.77. The molecule has 0 unspecified atom stereocenters. The summed E-state index contributed by atoms with van der Waals surface area (Å²) in [5.41, 5.74) is 4.90. The van der Waals surface area contributed by atoms with Crippen molar-refractivity contribution in [3.05, 3.63) is 72.3 Å². The van der Waals surface area contributed by atoms with Crippen LogP contribution in [0.3, 0.4) is 0 Å². The largest absolute Gasteiger partial charge is 0.342 e. The number of aryl methyl sites for hydroxylation is 1. The third kappa shape index (κ3) is 2.79. The van der Waals surface area contributed by atoms with Crippen molar-refractivity contribution in [2.24, 2.45) is 0 Å². The number of H-pyrrole nitrogens is 1. The van der Waals surface area contributed by atoms with Crippen LogP contribution in [0, 0.1) is 12.7 Å². The highest BCUT2D eigenvalue weighted by Crippen LogP contribution is 2.23. The summed E-state index contributed by atoms with van der Waals surface area (Å²) < 4.78 is 15.3. The molecule has 7 heteroatoms. The van der Waals surface area contributed by atoms with Gasteiger partial charge in [-0.3, -0.25) is 0 Å². The second-order valence-electron chi connectivity index (χ2n) is 6.31. The van der Waals surface area contributed by atoms with Crippen molar-refractivity contribution < 1.29 is 4.39 Å². The van der Waals surface area contributed by atoms with E-state index in [0.29, 0.717) is 11.6 Å². The van der Waals surface area contributed by atoms with Gasteiger partial charge in [0.25, 0.3) is 0 Å². The van der Waals surface area contributed by atoms with E-state index in [1.54, 1.807) is 10.6 Å². The van der Waals surface area contributed by atoms with Gasteiger partial charge in [-0.05, 0) is 49.4 Å². The number of benzene rings is 2. The van der Waals surface area contributed by atoms with Crippen LogP contribution in [-0.4, -0.2) is 24.6 Å². The van der Waals surface area contributed by atoms with Gasteiger partial charge < -0.3 is 10.3 Å². The van der Waals surface area contributed by atoms with Crippen LogP contribution in [-0.2, 0) is 0 Å². The van der Waals surface area contributed by atoms with Gasteiger partial charge in [0.2, 0.25) is 5.95 Å². The van der Waals surface area contributed by atoms with Crippen molar-refractivity contribution in [2.75, 3.05) is 5.32 Å². The molecule has 0 saturated carbocycles. The fourth-order valence-electron chi connectivity index (χ4n) is 3.17. The normalized spacial score (nSPS) is 11.3. The minimum absolute atomic E-state index is 0.286. The number of pyridine rings is 1. The maximum Gasteiger partial charge on any atom is 0.247 e. The molecule has 0 aliphatic rings. The minimum Gasteiger partial charge on any atom is -0.342 e. The topological polar surface area (TPSA) is 70.9 Å². The predicted octanol–water partition coefficient (Wildman–Crippen LogP) is 4.46. The van der Waals surface area contributed by atoms with Crippen molar-refractivity contribution >= 4 is 28.3 Å². The third-order valence-corrected chi connectivity index (χ3v) is 4.34. The van der Waals surface area contributed by atoms with E-state index in [4.69, 9.17) is 0 Å². The Bertz CT molecular complexity index is 1290. The molecular weight excluding hydrogens is 343 g/mol. The fourth-order valence-corrected chi connectivity index (χ4v) is 3.17. The number of halogens is 1. The van der Waals surface area contributed by atoms with Crippen molar-refractivity contribution in [3.8, 4) is 11.3 Å². The third-order valence-electron chi connectivity index (χ3n) is 4.34. The number of rotatable bonds is 3. The molecule has 0 atom stereocenters. The van der Waals surface area contributed by atoms with E-state index in [-0.39, 0.29) is 5.82 Å². The number of hydrogen-bond donors (Lipinski definition) is 2. The predicted molar refractivity (Wildman–Crippen MR) is 102 cm³/mol. The summed E-state index contributed by atoms with van der Waals surface area (Å²) in [5.74, 6) is 1.05. The van der Waals surface area contributed by atoms with Crippen LogP contribution in [0.25, 0.3) is 27.9 Å². The summed E-state index contributed by atoms with van der Waals surface area (Å²) in [7, 11) is 0. The summed E-state index contributed by atoms with van der Waals surface area (Å²) in [4.78, 5) is 12.1. The van der Waals surface area contributed by atoms with E-state index < -0.39 is 0 Å². The van der Waals surface area contributed by atoms with Crippen molar-refractivity contribution in [3.63, 3.8) is 0 Å². The van der Waals surface area contributed by atoms with Gasteiger partial charge in [-0.1, -0.05) is 18.2 Å². The van der Waals surface area contributed by atoms with Crippen LogP contribution in [0.4, 0.5) is 16.0 Å². The molecule has 132 valence electrons. The van der Waals surface area contributed by atoms with Crippen LogP contribution in [0.1, 0.15) is 5.82 Å². The first-order valence-corrected chi connectivity index (χ1v) is 8.51. The van der Waals surface area contributed by atoms with Crippen molar-refractivity contribution in [2.45, 2.75) is 6.92 Å². The molecule has 0 aliphatic heterocycles. The van der Waals surface area contributed by atoms with Gasteiger partial charge in [0.15, 0.2) is 5.65 Å². The lowest BCUT2D eigenvalue weighted by atomic mass is 10.1. The summed E-state index contributed by atoms with van der Waals surface area (Å²) in [6.45, 7) is 1.92. The molecule has 5 aromatic rings. The van der Waals surface area contributed by atoms with Gasteiger partial charge in [0.05, 0.1) is 16.7 Å². The van der Waals surface area contributed by atoms with Gasteiger partial charge in [-0.15, -0.1) is 5.10 Å². The van der Waals surface area contributed by atoms with Gasteiger partial charge in [0, 0.05) is 11.3 Å². The zero-order valence-electron chi connectivity index (χ0n) is 14.4. The molecule has 0 bridgehead atoms. The molecule has 0 fully saturated rings. The van der Waals surface area contributed by atoms with E-state index in [9.17, 15) is 4.39 Å². The summed E-state index contributed by atoms with van der Waals surface area (Å²) >= 11 is 0. The SMILES string of the molecule is Cc1nc2ccc(Nc3nc4cccc(-c5cccc(F)c5)n4n3)cc2[nH]1. The average molecular weight is 358 g/mol. The lowest BCUT2D eigenvalue weighted by Crippen LogP contribution is -1.96. The molecule has 0 saturated heterocycles. The quantitative estimate of drug-likeness (QED) is 0.499. The Balaban J connectivity index is 1.55. The Labute approximate surface area is 153 Å². The van der Waals surface area contributed by atoms with Gasteiger partial charge in [0.1, 0.15) is 11.6 Å². The smallest absolute Gasteiger partial charge is 0.247 e. The number of aromatic nitrogens is 5. The van der Waals surface area contributed by atoms with Crippen LogP contribution < -0.4 is 5.32 Å². The standard InChI is InChI=1S/C20H15FN6/c1-12-22-16-9-8-15(11-17(16)23-12)24-20-25-19-7-3-6-18(27(19)26-20)13-4-2-5-14(21)10-13/h2-11H,1H3,(H,22,23)(H,24,26). The Hall–Kier alpha value is -3.74. The second kappa shape index (κ2) is 5.91. The molecule has 2 aromatic carbocycles. The highest BCUT2D eigenvalue weighted by molar-refractivity contribution is 5.80. The van der Waals surface area contributed by atoms with Gasteiger partial charge in [-0.25, -0.2) is 13.9 Å². The highest BCUT2D eigenvalue weighted by Gasteiger charge is 2.10. The van der Waals surface area contributed by atoms with Crippen molar-refractivity contribution in [1.82, 2.24) is 24.6 Å². The molecule has 3 aromatic heterocycles. The van der Waals surface area contributed by atoms with E-state index in [2.05, 4.69) is 25.4 Å². The molecule has 3 heterocycles. The second-order valence-corrected chi connectivity index (χ2v) is 6.31. The Morgan fingerprint density at radius 1 is 1.00 bits per heavy atom. The van der Waals surface area contributed by atoms with Crippen LogP contribution >= 0.6 is 0 Å². The zero-order valence-corrected chi connectivity index (χ0v) is 14.4. The zero-order chi connectivity index (χ0) is 18.4. The summed E-state index contributed by atoms with van der Waals surface area (Å²) in [6.07, 6.45) is 0. The van der Waals surface area contributed by atoms with E-state index in [1.807, 2.05) is 49.4 Å². The number of anilines is 2. The molecule has 6 nitrogen and oxygen atoms in total. The Kier molecular flexibility index (Phi) is 3.39. The monoisotopic (exact) mass is 358 g/mol. The summed E-state index contributed by atoms with van der Waals surface area (Å²) in [6, 6.07) is 17.9. The number of fused-ring (bicyclic) bond motifs is 2. The molecular formula is C20H15FN6. The molecule has 0 amide bonds. The number of nitrogens with zero attached hydrogens (tertiary/aromatic N) is 4. The molecule has 0 spiro atoms. The first kappa shape index (κ1) is 15.5. The van der Waals surface area contributed by atoms with E-state index in [1.165, 1.54) is 12.1 Å². The lowest BCUT2D eigenvalue weighted by molar-refractivity contribution is 0.628. The van der Waals surface area contributed by atoms with Crippen LogP contribution in [0.5, 0.6) is 0 Å². The number of aromatic amines is 1. The Morgan fingerprint density at radius 3 is 2.78 bits per heavy atom. The first-order valence-electron chi connectivity index (χ1n) is 8.51. The number of nitrogens with one attached hydrogen (secondary N) is 2. The molecule has 0 radical (unpaired) electrons. The highest BCUT2D eigenvalue weighted by atomic mass is 19.1. The van der Waals surface area contributed by atoms with E-state index >= 15 is 0 Å². The van der Waals surface area contributed by atoms with Gasteiger partial charge in [-0.2, -0.15) is 4.98 Å². The first-order chi connectivity index (χ1) is 13.2. The number of imidazole rings is 1. The average Bonchev–Trinajstić information content (AvgIpc) is 3.22. The molecule has 2 N–H and O–H groups in total. The molecule has 0 aliphatic carbocycles. The fraction of sp³-hybridized carbons (Fsp3) is 0.0500. The van der Waals surface area contributed by atoms with E-state index in [0.717, 1.165) is 33.8 Å². The van der Waals surface area contributed by atoms with Crippen LogP contribution in [0.15, 0.2) is 60.7 Å². The minimum atomic E-state index is -0.286. The van der Waals surface area contributed by atoms with Gasteiger partial charge >= 0.3 is 0 Å². The maximum absolute atomic E-state index is 13.6. The molecule has 27 heavy (non-hydrogen) atoms. The Morgan fingerprint density at radius 2 is 1.89 bits per heavy atom. The van der Waals surface area contributed by atoms with Crippen LogP contribution in [0.2, 0.25) is 0 Å². The lowest BCUT2D eigenvalue weighted by Gasteiger charge is -2.04. The number of hydrogen-bond acceptors (Lipinski definition) is 4. The van der Waals surface area contributed by atoms with Crippen molar-refractivity contribution in [1.29, 1.82) is 0 Å². The molecule has 5 rings (SSSR count). The maximum atomic E-state index is 13.6.